The summed E-state index contributed by atoms with van der Waals surface area (Å²) >= 11 is 1.85. The Labute approximate surface area is 298 Å². The molecule has 51 heavy (non-hydrogen) atoms. The van der Waals surface area contributed by atoms with Gasteiger partial charge in [0.25, 0.3) is 0 Å². The van der Waals surface area contributed by atoms with Gasteiger partial charge in [0.2, 0.25) is 5.95 Å². The van der Waals surface area contributed by atoms with Crippen molar-refractivity contribution >= 4 is 70.6 Å². The van der Waals surface area contributed by atoms with Crippen molar-refractivity contribution in [1.82, 2.24) is 14.5 Å². The van der Waals surface area contributed by atoms with Crippen molar-refractivity contribution in [2.75, 3.05) is 4.90 Å². The summed E-state index contributed by atoms with van der Waals surface area (Å²) in [7, 11) is 0. The van der Waals surface area contributed by atoms with Gasteiger partial charge in [0.05, 0.1) is 33.8 Å². The van der Waals surface area contributed by atoms with Gasteiger partial charge in [-0.25, -0.2) is 9.97 Å². The van der Waals surface area contributed by atoms with Crippen LogP contribution in [0.5, 0.6) is 0 Å². The largest absolute Gasteiger partial charge is 0.308 e. The molecule has 0 radical (unpaired) electrons. The molecule has 7 aromatic carbocycles. The maximum absolute atomic E-state index is 5.39. The Balaban J connectivity index is 1.23. The van der Waals surface area contributed by atoms with E-state index in [0.29, 0.717) is 5.95 Å². The predicted molar refractivity (Wildman–Crippen MR) is 214 cm³/mol. The number of aromatic nitrogens is 3. The Morgan fingerprint density at radius 1 is 0.471 bits per heavy atom. The lowest BCUT2D eigenvalue weighted by atomic mass is 9.98. The van der Waals surface area contributed by atoms with E-state index in [1.165, 1.54) is 36.6 Å². The molecule has 11 rings (SSSR count). The first-order chi connectivity index (χ1) is 25.3. The second-order valence-corrected chi connectivity index (χ2v) is 14.1. The van der Waals surface area contributed by atoms with Crippen LogP contribution in [0.25, 0.3) is 81.3 Å². The van der Waals surface area contributed by atoms with Crippen LogP contribution in [0, 0.1) is 0 Å². The number of fused-ring (bicyclic) bond motifs is 11. The molecule has 238 valence electrons. The summed E-state index contributed by atoms with van der Waals surface area (Å²) in [6.45, 7) is 0. The van der Waals surface area contributed by atoms with Gasteiger partial charge in [-0.1, -0.05) is 127 Å². The molecule has 0 amide bonds. The van der Waals surface area contributed by atoms with Gasteiger partial charge in [0, 0.05) is 58.9 Å². The molecule has 0 aliphatic carbocycles. The Hall–Kier alpha value is -6.56. The number of para-hydroxylation sites is 4. The second-order valence-electron chi connectivity index (χ2n) is 13.0. The number of benzene rings is 7. The smallest absolute Gasteiger partial charge is 0.235 e. The first-order valence-electron chi connectivity index (χ1n) is 17.2. The zero-order valence-corrected chi connectivity index (χ0v) is 28.2. The lowest BCUT2D eigenvalue weighted by Gasteiger charge is -2.26. The van der Waals surface area contributed by atoms with E-state index in [4.69, 9.17) is 9.97 Å². The van der Waals surface area contributed by atoms with E-state index < -0.39 is 0 Å². The Kier molecular flexibility index (Phi) is 6.09. The van der Waals surface area contributed by atoms with Crippen LogP contribution in [0.15, 0.2) is 170 Å². The Bertz CT molecular complexity index is 2990. The standard InChI is InChI=1S/C46H28N4S/c1-2-14-29(15-3-1)44-33-17-4-9-21-37(33)47-46(48-44)50-39-23-11-6-19-35(39)43-34-18-5-10-22-38(34)49(45(43)36-20-7-12-24-40(36)50)30-26-27-32-31-16-8-13-25-41(31)51-42(32)28-30/h1-28H. The van der Waals surface area contributed by atoms with Crippen LogP contribution in [-0.4, -0.2) is 14.5 Å². The van der Waals surface area contributed by atoms with Crippen molar-refractivity contribution in [2.24, 2.45) is 0 Å². The summed E-state index contributed by atoms with van der Waals surface area (Å²) in [5.41, 5.74) is 11.9. The molecule has 1 aliphatic heterocycles. The molecule has 0 fully saturated rings. The van der Waals surface area contributed by atoms with E-state index in [0.717, 1.165) is 56.0 Å². The molecule has 0 saturated heterocycles. The van der Waals surface area contributed by atoms with Gasteiger partial charge in [0.15, 0.2) is 0 Å². The molecule has 4 heterocycles. The lowest BCUT2D eigenvalue weighted by molar-refractivity contribution is 1.11. The van der Waals surface area contributed by atoms with Crippen molar-refractivity contribution in [2.45, 2.75) is 0 Å². The quantitative estimate of drug-likeness (QED) is 0.188. The van der Waals surface area contributed by atoms with Crippen molar-refractivity contribution in [3.05, 3.63) is 170 Å². The third kappa shape index (κ3) is 4.19. The molecule has 1 aliphatic rings. The number of anilines is 3. The number of rotatable bonds is 3. The highest BCUT2D eigenvalue weighted by atomic mass is 32.1. The summed E-state index contributed by atoms with van der Waals surface area (Å²) in [5, 5.41) is 4.83. The summed E-state index contributed by atoms with van der Waals surface area (Å²) in [4.78, 5) is 12.9. The van der Waals surface area contributed by atoms with E-state index in [-0.39, 0.29) is 0 Å². The van der Waals surface area contributed by atoms with Gasteiger partial charge in [-0.05, 0) is 42.5 Å². The molecule has 4 nitrogen and oxygen atoms in total. The fraction of sp³-hybridized carbons (Fsp3) is 0. The highest BCUT2D eigenvalue weighted by Gasteiger charge is 2.32. The van der Waals surface area contributed by atoms with Gasteiger partial charge in [-0.3, -0.25) is 4.90 Å². The molecular formula is C46H28N4S. The molecule has 10 aromatic rings. The van der Waals surface area contributed by atoms with Gasteiger partial charge >= 0.3 is 0 Å². The summed E-state index contributed by atoms with van der Waals surface area (Å²) in [6.07, 6.45) is 0. The predicted octanol–water partition coefficient (Wildman–Crippen LogP) is 12.7. The van der Waals surface area contributed by atoms with Crippen LogP contribution in [0.1, 0.15) is 0 Å². The minimum absolute atomic E-state index is 0.639. The average Bonchev–Trinajstić information content (AvgIpc) is 3.70. The zero-order valence-electron chi connectivity index (χ0n) is 27.4. The van der Waals surface area contributed by atoms with Crippen LogP contribution in [-0.2, 0) is 0 Å². The maximum Gasteiger partial charge on any atom is 0.235 e. The molecule has 0 atom stereocenters. The van der Waals surface area contributed by atoms with E-state index in [2.05, 4.69) is 173 Å². The third-order valence-corrected chi connectivity index (χ3v) is 11.3. The molecule has 0 bridgehead atoms. The molecule has 3 aromatic heterocycles. The average molecular weight is 669 g/mol. The van der Waals surface area contributed by atoms with Crippen LogP contribution >= 0.6 is 11.3 Å². The number of nitrogens with zero attached hydrogens (tertiary/aromatic N) is 4. The van der Waals surface area contributed by atoms with Gasteiger partial charge in [-0.2, -0.15) is 0 Å². The first kappa shape index (κ1) is 28.3. The summed E-state index contributed by atoms with van der Waals surface area (Å²) in [6, 6.07) is 60.6. The highest BCUT2D eigenvalue weighted by molar-refractivity contribution is 7.25. The number of hydrogen-bond acceptors (Lipinski definition) is 4. The van der Waals surface area contributed by atoms with E-state index in [9.17, 15) is 0 Å². The summed E-state index contributed by atoms with van der Waals surface area (Å²) in [5.74, 6) is 0.639. The fourth-order valence-corrected chi connectivity index (χ4v) is 9.10. The number of thiophene rings is 1. The molecule has 5 heteroatoms. The summed E-state index contributed by atoms with van der Waals surface area (Å²) < 4.78 is 5.05. The van der Waals surface area contributed by atoms with Gasteiger partial charge < -0.3 is 4.57 Å². The second kappa shape index (κ2) is 11.0. The fourth-order valence-electron chi connectivity index (χ4n) is 7.96. The normalized spacial score (nSPS) is 12.3. The van der Waals surface area contributed by atoms with Crippen LogP contribution < -0.4 is 4.90 Å². The third-order valence-electron chi connectivity index (χ3n) is 10.1. The molecule has 0 N–H and O–H groups in total. The molecule has 0 unspecified atom stereocenters. The first-order valence-corrected chi connectivity index (χ1v) is 18.0. The van der Waals surface area contributed by atoms with E-state index in [1.807, 2.05) is 17.4 Å². The van der Waals surface area contributed by atoms with Crippen LogP contribution in [0.3, 0.4) is 0 Å². The Morgan fingerprint density at radius 3 is 1.98 bits per heavy atom. The van der Waals surface area contributed by atoms with Crippen molar-refractivity contribution in [3.8, 4) is 39.3 Å². The zero-order chi connectivity index (χ0) is 33.5. The van der Waals surface area contributed by atoms with Crippen LogP contribution in [0.4, 0.5) is 17.3 Å². The van der Waals surface area contributed by atoms with E-state index in [1.54, 1.807) is 0 Å². The van der Waals surface area contributed by atoms with E-state index >= 15 is 0 Å². The highest BCUT2D eigenvalue weighted by Crippen LogP contribution is 2.54. The topological polar surface area (TPSA) is 34.0 Å². The number of hydrogen-bond donors (Lipinski definition) is 0. The van der Waals surface area contributed by atoms with Crippen molar-refractivity contribution in [1.29, 1.82) is 0 Å². The van der Waals surface area contributed by atoms with Crippen molar-refractivity contribution < 1.29 is 0 Å². The SMILES string of the molecule is c1ccc(-c2nc(N3c4ccccc4-c4c(n(-c5ccc6c(c5)sc5ccccc56)c5ccccc45)-c4ccccc43)nc3ccccc23)cc1. The van der Waals surface area contributed by atoms with Crippen molar-refractivity contribution in [3.63, 3.8) is 0 Å². The minimum Gasteiger partial charge on any atom is -0.308 e. The maximum atomic E-state index is 5.39. The Morgan fingerprint density at radius 2 is 1.12 bits per heavy atom. The molecule has 0 saturated carbocycles. The van der Waals surface area contributed by atoms with Gasteiger partial charge in [-0.15, -0.1) is 11.3 Å². The molecule has 0 spiro atoms. The van der Waals surface area contributed by atoms with Crippen LogP contribution in [0.2, 0.25) is 0 Å². The molecular weight excluding hydrogens is 641 g/mol. The lowest BCUT2D eigenvalue weighted by Crippen LogP contribution is -2.15. The monoisotopic (exact) mass is 668 g/mol. The minimum atomic E-state index is 0.639. The van der Waals surface area contributed by atoms with Gasteiger partial charge in [0.1, 0.15) is 0 Å².